The fourth-order valence-electron chi connectivity index (χ4n) is 2.13. The SMILES string of the molecule is COc1ccc(Oc2ccccc2)cc1C(=O)C1CC1. The molecule has 0 radical (unpaired) electrons. The van der Waals surface area contributed by atoms with Crippen molar-refractivity contribution in [2.45, 2.75) is 12.8 Å². The highest BCUT2D eigenvalue weighted by molar-refractivity contribution is 6.02. The van der Waals surface area contributed by atoms with E-state index in [0.29, 0.717) is 17.1 Å². The van der Waals surface area contributed by atoms with Crippen molar-refractivity contribution in [1.82, 2.24) is 0 Å². The van der Waals surface area contributed by atoms with E-state index in [1.807, 2.05) is 36.4 Å². The molecule has 0 spiro atoms. The maximum Gasteiger partial charge on any atom is 0.169 e. The van der Waals surface area contributed by atoms with Crippen LogP contribution < -0.4 is 9.47 Å². The van der Waals surface area contributed by atoms with Crippen LogP contribution in [-0.4, -0.2) is 12.9 Å². The molecule has 1 fully saturated rings. The summed E-state index contributed by atoms with van der Waals surface area (Å²) in [6, 6.07) is 14.9. The lowest BCUT2D eigenvalue weighted by molar-refractivity contribution is 0.0964. The van der Waals surface area contributed by atoms with Crippen molar-refractivity contribution in [2.75, 3.05) is 7.11 Å². The molecule has 3 nitrogen and oxygen atoms in total. The number of methoxy groups -OCH3 is 1. The predicted octanol–water partition coefficient (Wildman–Crippen LogP) is 4.08. The minimum atomic E-state index is 0.153. The molecule has 0 aliphatic heterocycles. The van der Waals surface area contributed by atoms with E-state index in [9.17, 15) is 4.79 Å². The van der Waals surface area contributed by atoms with Crippen molar-refractivity contribution in [3.05, 3.63) is 54.1 Å². The van der Waals surface area contributed by atoms with E-state index in [-0.39, 0.29) is 11.7 Å². The summed E-state index contributed by atoms with van der Waals surface area (Å²) in [6.07, 6.45) is 1.96. The maximum atomic E-state index is 12.3. The zero-order chi connectivity index (χ0) is 13.9. The summed E-state index contributed by atoms with van der Waals surface area (Å²) < 4.78 is 11.0. The van der Waals surface area contributed by atoms with Crippen LogP contribution in [0.3, 0.4) is 0 Å². The smallest absolute Gasteiger partial charge is 0.169 e. The van der Waals surface area contributed by atoms with Gasteiger partial charge in [0.2, 0.25) is 0 Å². The largest absolute Gasteiger partial charge is 0.496 e. The molecule has 2 aromatic rings. The van der Waals surface area contributed by atoms with Crippen LogP contribution in [0.2, 0.25) is 0 Å². The Kier molecular flexibility index (Phi) is 3.42. The zero-order valence-corrected chi connectivity index (χ0v) is 11.3. The van der Waals surface area contributed by atoms with Crippen LogP contribution in [0.4, 0.5) is 0 Å². The monoisotopic (exact) mass is 268 g/mol. The van der Waals surface area contributed by atoms with E-state index in [1.165, 1.54) is 0 Å². The molecule has 3 heteroatoms. The normalized spacial score (nSPS) is 13.8. The Bertz CT molecular complexity index is 615. The Morgan fingerprint density at radius 1 is 1.05 bits per heavy atom. The number of Topliss-reactive ketones (excluding diaryl/α,β-unsaturated/α-hetero) is 1. The molecule has 0 bridgehead atoms. The zero-order valence-electron chi connectivity index (χ0n) is 11.3. The first-order valence-electron chi connectivity index (χ1n) is 6.73. The third kappa shape index (κ3) is 2.67. The lowest BCUT2D eigenvalue weighted by Crippen LogP contribution is -2.04. The molecule has 0 saturated heterocycles. The van der Waals surface area contributed by atoms with Crippen LogP contribution in [0.25, 0.3) is 0 Å². The first-order chi connectivity index (χ1) is 9.78. The van der Waals surface area contributed by atoms with Crippen LogP contribution in [0.1, 0.15) is 23.2 Å². The lowest BCUT2D eigenvalue weighted by Gasteiger charge is -2.11. The standard InChI is InChI=1S/C17H16O3/c1-19-16-10-9-14(20-13-5-3-2-4-6-13)11-15(16)17(18)12-7-8-12/h2-6,9-12H,7-8H2,1H3. The van der Waals surface area contributed by atoms with E-state index < -0.39 is 0 Å². The summed E-state index contributed by atoms with van der Waals surface area (Å²) in [5, 5.41) is 0. The molecule has 3 rings (SSSR count). The van der Waals surface area contributed by atoms with Gasteiger partial charge in [-0.1, -0.05) is 18.2 Å². The number of hydrogen-bond acceptors (Lipinski definition) is 3. The van der Waals surface area contributed by atoms with Gasteiger partial charge in [-0.15, -0.1) is 0 Å². The number of rotatable bonds is 5. The highest BCUT2D eigenvalue weighted by atomic mass is 16.5. The van der Waals surface area contributed by atoms with Gasteiger partial charge in [-0.25, -0.2) is 0 Å². The summed E-state index contributed by atoms with van der Waals surface area (Å²) in [5.74, 6) is 2.34. The Labute approximate surface area is 118 Å². The van der Waals surface area contributed by atoms with Crippen molar-refractivity contribution < 1.29 is 14.3 Å². The number of hydrogen-bond donors (Lipinski definition) is 0. The minimum Gasteiger partial charge on any atom is -0.496 e. The van der Waals surface area contributed by atoms with Crippen LogP contribution in [0.5, 0.6) is 17.2 Å². The predicted molar refractivity (Wildman–Crippen MR) is 76.6 cm³/mol. The molecule has 102 valence electrons. The molecular weight excluding hydrogens is 252 g/mol. The van der Waals surface area contributed by atoms with E-state index >= 15 is 0 Å². The third-order valence-corrected chi connectivity index (χ3v) is 3.36. The van der Waals surface area contributed by atoms with Gasteiger partial charge < -0.3 is 9.47 Å². The summed E-state index contributed by atoms with van der Waals surface area (Å²) in [6.45, 7) is 0. The molecule has 1 aliphatic rings. The Hall–Kier alpha value is -2.29. The van der Waals surface area contributed by atoms with E-state index in [4.69, 9.17) is 9.47 Å². The molecule has 0 unspecified atom stereocenters. The van der Waals surface area contributed by atoms with Gasteiger partial charge in [0.25, 0.3) is 0 Å². The lowest BCUT2D eigenvalue weighted by atomic mass is 10.1. The topological polar surface area (TPSA) is 35.5 Å². The van der Waals surface area contributed by atoms with Crippen molar-refractivity contribution in [3.63, 3.8) is 0 Å². The number of benzene rings is 2. The second kappa shape index (κ2) is 5.37. The Morgan fingerprint density at radius 2 is 1.80 bits per heavy atom. The summed E-state index contributed by atoms with van der Waals surface area (Å²) >= 11 is 0. The number of ether oxygens (including phenoxy) is 2. The van der Waals surface area contributed by atoms with Gasteiger partial charge in [0, 0.05) is 5.92 Å². The molecule has 0 atom stereocenters. The molecule has 1 aliphatic carbocycles. The Balaban J connectivity index is 1.89. The van der Waals surface area contributed by atoms with Crippen LogP contribution in [-0.2, 0) is 0 Å². The number of ketones is 1. The number of carbonyl (C=O) groups excluding carboxylic acids is 1. The number of carbonyl (C=O) groups is 1. The van der Waals surface area contributed by atoms with Gasteiger partial charge in [-0.05, 0) is 43.2 Å². The minimum absolute atomic E-state index is 0.153. The van der Waals surface area contributed by atoms with E-state index in [1.54, 1.807) is 19.2 Å². The quantitative estimate of drug-likeness (QED) is 0.766. The van der Waals surface area contributed by atoms with Crippen molar-refractivity contribution in [1.29, 1.82) is 0 Å². The second-order valence-corrected chi connectivity index (χ2v) is 4.92. The van der Waals surface area contributed by atoms with Gasteiger partial charge in [-0.3, -0.25) is 4.79 Å². The van der Waals surface area contributed by atoms with Crippen molar-refractivity contribution >= 4 is 5.78 Å². The second-order valence-electron chi connectivity index (χ2n) is 4.92. The van der Waals surface area contributed by atoms with Crippen LogP contribution in [0, 0.1) is 5.92 Å². The molecule has 0 N–H and O–H groups in total. The first-order valence-corrected chi connectivity index (χ1v) is 6.73. The van der Waals surface area contributed by atoms with Crippen molar-refractivity contribution in [3.8, 4) is 17.2 Å². The van der Waals surface area contributed by atoms with Gasteiger partial charge >= 0.3 is 0 Å². The first kappa shape index (κ1) is 12.7. The summed E-state index contributed by atoms with van der Waals surface area (Å²) in [4.78, 5) is 12.3. The van der Waals surface area contributed by atoms with Crippen molar-refractivity contribution in [2.24, 2.45) is 5.92 Å². The highest BCUT2D eigenvalue weighted by Crippen LogP contribution is 2.37. The molecular formula is C17H16O3. The Morgan fingerprint density at radius 3 is 2.45 bits per heavy atom. The molecule has 0 amide bonds. The van der Waals surface area contributed by atoms with Gasteiger partial charge in [0.1, 0.15) is 17.2 Å². The van der Waals surface area contributed by atoms with Gasteiger partial charge in [0.05, 0.1) is 12.7 Å². The molecule has 2 aromatic carbocycles. The van der Waals surface area contributed by atoms with E-state index in [0.717, 1.165) is 18.6 Å². The summed E-state index contributed by atoms with van der Waals surface area (Å²) in [7, 11) is 1.58. The van der Waals surface area contributed by atoms with E-state index in [2.05, 4.69) is 0 Å². The average Bonchev–Trinajstić information content (AvgIpc) is 3.32. The fourth-order valence-corrected chi connectivity index (χ4v) is 2.13. The van der Waals surface area contributed by atoms with Gasteiger partial charge in [0.15, 0.2) is 5.78 Å². The molecule has 0 heterocycles. The highest BCUT2D eigenvalue weighted by Gasteiger charge is 2.32. The maximum absolute atomic E-state index is 12.3. The molecule has 20 heavy (non-hydrogen) atoms. The number of para-hydroxylation sites is 1. The average molecular weight is 268 g/mol. The molecule has 0 aromatic heterocycles. The van der Waals surface area contributed by atoms with Crippen LogP contribution >= 0.6 is 0 Å². The van der Waals surface area contributed by atoms with Crippen LogP contribution in [0.15, 0.2) is 48.5 Å². The van der Waals surface area contributed by atoms with Gasteiger partial charge in [-0.2, -0.15) is 0 Å². The summed E-state index contributed by atoms with van der Waals surface area (Å²) in [5.41, 5.74) is 0.614. The fraction of sp³-hybridized carbons (Fsp3) is 0.235. The molecule has 1 saturated carbocycles. The third-order valence-electron chi connectivity index (χ3n) is 3.36.